The Kier molecular flexibility index (Phi) is 3.69. The lowest BCUT2D eigenvalue weighted by Gasteiger charge is -2.35. The van der Waals surface area contributed by atoms with Crippen molar-refractivity contribution in [1.82, 2.24) is 10.2 Å². The van der Waals surface area contributed by atoms with Crippen molar-refractivity contribution >= 4 is 5.91 Å². The molecule has 4 nitrogen and oxygen atoms in total. The maximum absolute atomic E-state index is 11.1. The summed E-state index contributed by atoms with van der Waals surface area (Å²) in [6.45, 7) is 3.57. The molecule has 76 valence electrons. The summed E-state index contributed by atoms with van der Waals surface area (Å²) in [4.78, 5) is 13.3. The molecule has 1 amide bonds. The standard InChI is InChI=1S/C9H19N3O/c1-7-5-8(10)3-4-12(7)6-9(13)11-2/h7-8H,3-6,10H2,1-2H3,(H,11,13). The Morgan fingerprint density at radius 3 is 2.92 bits per heavy atom. The van der Waals surface area contributed by atoms with E-state index in [0.29, 0.717) is 18.6 Å². The summed E-state index contributed by atoms with van der Waals surface area (Å²) >= 11 is 0. The van der Waals surface area contributed by atoms with Gasteiger partial charge in [0.05, 0.1) is 6.54 Å². The van der Waals surface area contributed by atoms with Crippen LogP contribution < -0.4 is 11.1 Å². The van der Waals surface area contributed by atoms with Gasteiger partial charge < -0.3 is 11.1 Å². The van der Waals surface area contributed by atoms with E-state index in [2.05, 4.69) is 17.1 Å². The molecule has 1 fully saturated rings. The maximum Gasteiger partial charge on any atom is 0.233 e. The number of hydrogen-bond donors (Lipinski definition) is 2. The number of nitrogens with one attached hydrogen (secondary N) is 1. The summed E-state index contributed by atoms with van der Waals surface area (Å²) in [5.41, 5.74) is 5.82. The normalized spacial score (nSPS) is 30.1. The largest absolute Gasteiger partial charge is 0.358 e. The number of nitrogens with zero attached hydrogens (tertiary/aromatic N) is 1. The molecule has 0 aromatic rings. The number of carbonyl (C=O) groups is 1. The number of amides is 1. The minimum absolute atomic E-state index is 0.0855. The van der Waals surface area contributed by atoms with Gasteiger partial charge in [0.2, 0.25) is 5.91 Å². The quantitative estimate of drug-likeness (QED) is 0.612. The fraction of sp³-hybridized carbons (Fsp3) is 0.889. The van der Waals surface area contributed by atoms with Crippen molar-refractivity contribution in [2.75, 3.05) is 20.1 Å². The first-order valence-corrected chi connectivity index (χ1v) is 4.83. The van der Waals surface area contributed by atoms with E-state index < -0.39 is 0 Å². The van der Waals surface area contributed by atoms with Crippen molar-refractivity contribution in [2.45, 2.75) is 31.8 Å². The second-order valence-electron chi connectivity index (χ2n) is 3.78. The van der Waals surface area contributed by atoms with Crippen molar-refractivity contribution in [2.24, 2.45) is 5.73 Å². The molecule has 3 N–H and O–H groups in total. The zero-order valence-electron chi connectivity index (χ0n) is 8.42. The Bertz CT molecular complexity index is 184. The van der Waals surface area contributed by atoms with Gasteiger partial charge in [-0.1, -0.05) is 0 Å². The van der Waals surface area contributed by atoms with Crippen LogP contribution in [0, 0.1) is 0 Å². The van der Waals surface area contributed by atoms with Gasteiger partial charge in [0, 0.05) is 25.7 Å². The number of likely N-dealkylation sites (tertiary alicyclic amines) is 1. The van der Waals surface area contributed by atoms with Crippen LogP contribution in [0.4, 0.5) is 0 Å². The van der Waals surface area contributed by atoms with Gasteiger partial charge in [-0.05, 0) is 19.8 Å². The van der Waals surface area contributed by atoms with Crippen LogP contribution in [0.5, 0.6) is 0 Å². The minimum atomic E-state index is 0.0855. The first-order valence-electron chi connectivity index (χ1n) is 4.83. The number of piperidine rings is 1. The lowest BCUT2D eigenvalue weighted by Crippen LogP contribution is -2.48. The SMILES string of the molecule is CNC(=O)CN1CCC(N)CC1C. The van der Waals surface area contributed by atoms with Crippen LogP contribution in [-0.4, -0.2) is 43.0 Å². The number of rotatable bonds is 2. The second-order valence-corrected chi connectivity index (χ2v) is 3.78. The van der Waals surface area contributed by atoms with Crippen molar-refractivity contribution in [3.05, 3.63) is 0 Å². The Morgan fingerprint density at radius 2 is 2.38 bits per heavy atom. The molecule has 1 rings (SSSR count). The molecule has 0 aromatic carbocycles. The van der Waals surface area contributed by atoms with Gasteiger partial charge >= 0.3 is 0 Å². The van der Waals surface area contributed by atoms with Gasteiger partial charge in [-0.25, -0.2) is 0 Å². The minimum Gasteiger partial charge on any atom is -0.358 e. The molecule has 2 atom stereocenters. The summed E-state index contributed by atoms with van der Waals surface area (Å²) in [6.07, 6.45) is 2.00. The lowest BCUT2D eigenvalue weighted by molar-refractivity contribution is -0.122. The molecule has 1 heterocycles. The molecule has 2 unspecified atom stereocenters. The summed E-state index contributed by atoms with van der Waals surface area (Å²) in [7, 11) is 1.67. The van der Waals surface area contributed by atoms with Crippen LogP contribution in [0.1, 0.15) is 19.8 Å². The van der Waals surface area contributed by atoms with Crippen molar-refractivity contribution in [1.29, 1.82) is 0 Å². The van der Waals surface area contributed by atoms with Crippen molar-refractivity contribution < 1.29 is 4.79 Å². The second kappa shape index (κ2) is 4.58. The molecule has 13 heavy (non-hydrogen) atoms. The average Bonchev–Trinajstić information content (AvgIpc) is 2.09. The van der Waals surface area contributed by atoms with Gasteiger partial charge in [0.25, 0.3) is 0 Å². The first-order chi connectivity index (χ1) is 6.13. The number of likely N-dealkylation sites (N-methyl/N-ethyl adjacent to an activating group) is 1. The van der Waals surface area contributed by atoms with E-state index in [1.54, 1.807) is 7.05 Å². The fourth-order valence-corrected chi connectivity index (χ4v) is 1.76. The van der Waals surface area contributed by atoms with E-state index in [-0.39, 0.29) is 5.91 Å². The third kappa shape index (κ3) is 2.97. The van der Waals surface area contributed by atoms with Gasteiger partial charge in [0.1, 0.15) is 0 Å². The first kappa shape index (κ1) is 10.5. The predicted molar refractivity (Wildman–Crippen MR) is 52.3 cm³/mol. The lowest BCUT2D eigenvalue weighted by atomic mass is 9.99. The maximum atomic E-state index is 11.1. The highest BCUT2D eigenvalue weighted by Crippen LogP contribution is 2.14. The highest BCUT2D eigenvalue weighted by Gasteiger charge is 2.24. The Morgan fingerprint density at radius 1 is 1.69 bits per heavy atom. The molecule has 0 aromatic heterocycles. The molecule has 0 aliphatic carbocycles. The number of nitrogens with two attached hydrogens (primary N) is 1. The zero-order chi connectivity index (χ0) is 9.84. The molecule has 1 aliphatic rings. The topological polar surface area (TPSA) is 58.4 Å². The summed E-state index contributed by atoms with van der Waals surface area (Å²) in [6, 6.07) is 0.747. The molecule has 1 aliphatic heterocycles. The molecular weight excluding hydrogens is 166 g/mol. The molecule has 0 saturated carbocycles. The van der Waals surface area contributed by atoms with E-state index in [1.807, 2.05) is 0 Å². The highest BCUT2D eigenvalue weighted by molar-refractivity contribution is 5.77. The molecule has 0 spiro atoms. The van der Waals surface area contributed by atoms with Crippen LogP contribution in [0.3, 0.4) is 0 Å². The number of hydrogen-bond acceptors (Lipinski definition) is 3. The van der Waals surface area contributed by atoms with Crippen LogP contribution in [0.25, 0.3) is 0 Å². The third-order valence-corrected chi connectivity index (χ3v) is 2.68. The van der Waals surface area contributed by atoms with E-state index in [9.17, 15) is 4.79 Å². The molecule has 0 radical (unpaired) electrons. The predicted octanol–water partition coefficient (Wildman–Crippen LogP) is -0.456. The van der Waals surface area contributed by atoms with E-state index in [4.69, 9.17) is 5.73 Å². The smallest absolute Gasteiger partial charge is 0.233 e. The van der Waals surface area contributed by atoms with Gasteiger partial charge in [-0.15, -0.1) is 0 Å². The molecular formula is C9H19N3O. The van der Waals surface area contributed by atoms with Gasteiger partial charge in [-0.2, -0.15) is 0 Å². The van der Waals surface area contributed by atoms with Crippen molar-refractivity contribution in [3.8, 4) is 0 Å². The average molecular weight is 185 g/mol. The highest BCUT2D eigenvalue weighted by atomic mass is 16.1. The zero-order valence-corrected chi connectivity index (χ0v) is 8.42. The molecule has 0 bridgehead atoms. The van der Waals surface area contributed by atoms with Crippen LogP contribution in [0.15, 0.2) is 0 Å². The van der Waals surface area contributed by atoms with Crippen LogP contribution >= 0.6 is 0 Å². The molecule has 1 saturated heterocycles. The van der Waals surface area contributed by atoms with E-state index in [0.717, 1.165) is 19.4 Å². The Hall–Kier alpha value is -0.610. The fourth-order valence-electron chi connectivity index (χ4n) is 1.76. The number of carbonyl (C=O) groups excluding carboxylic acids is 1. The van der Waals surface area contributed by atoms with Gasteiger partial charge in [0.15, 0.2) is 0 Å². The third-order valence-electron chi connectivity index (χ3n) is 2.68. The summed E-state index contributed by atoms with van der Waals surface area (Å²) in [5.74, 6) is 0.0855. The Balaban J connectivity index is 2.38. The van der Waals surface area contributed by atoms with Gasteiger partial charge in [-0.3, -0.25) is 9.69 Å². The van der Waals surface area contributed by atoms with Crippen LogP contribution in [-0.2, 0) is 4.79 Å². The van der Waals surface area contributed by atoms with Crippen LogP contribution in [0.2, 0.25) is 0 Å². The molecule has 4 heteroatoms. The Labute approximate surface area is 79.5 Å². The summed E-state index contributed by atoms with van der Waals surface area (Å²) < 4.78 is 0. The summed E-state index contributed by atoms with van der Waals surface area (Å²) in [5, 5.41) is 2.63. The van der Waals surface area contributed by atoms with Crippen molar-refractivity contribution in [3.63, 3.8) is 0 Å². The van der Waals surface area contributed by atoms with E-state index >= 15 is 0 Å². The monoisotopic (exact) mass is 185 g/mol. The van der Waals surface area contributed by atoms with E-state index in [1.165, 1.54) is 0 Å².